The van der Waals surface area contributed by atoms with E-state index in [1.807, 2.05) is 12.3 Å². The molecule has 1 aromatic carbocycles. The third-order valence-corrected chi connectivity index (χ3v) is 5.81. The summed E-state index contributed by atoms with van der Waals surface area (Å²) in [7, 11) is -3.58. The van der Waals surface area contributed by atoms with Crippen LogP contribution in [0.3, 0.4) is 0 Å². The summed E-state index contributed by atoms with van der Waals surface area (Å²) in [6.07, 6.45) is 1.35. The number of thiazole rings is 1. The Morgan fingerprint density at radius 1 is 1.26 bits per heavy atom. The second-order valence-corrected chi connectivity index (χ2v) is 7.90. The van der Waals surface area contributed by atoms with Gasteiger partial charge in [0.15, 0.2) is 11.5 Å². The van der Waals surface area contributed by atoms with Crippen LogP contribution in [0, 0.1) is 6.92 Å². The van der Waals surface area contributed by atoms with Crippen LogP contribution < -0.4 is 14.2 Å². The highest BCUT2D eigenvalue weighted by Crippen LogP contribution is 2.31. The number of nitrogens with one attached hydrogen (secondary N) is 1. The second kappa shape index (κ2) is 6.86. The van der Waals surface area contributed by atoms with Gasteiger partial charge in [0.2, 0.25) is 10.0 Å². The number of rotatable bonds is 5. The van der Waals surface area contributed by atoms with Gasteiger partial charge in [0, 0.05) is 36.5 Å². The van der Waals surface area contributed by atoms with E-state index in [0.29, 0.717) is 37.7 Å². The molecule has 0 radical (unpaired) electrons. The van der Waals surface area contributed by atoms with Crippen molar-refractivity contribution >= 4 is 21.4 Å². The zero-order valence-electron chi connectivity index (χ0n) is 12.7. The third kappa shape index (κ3) is 4.01. The van der Waals surface area contributed by atoms with Crippen molar-refractivity contribution in [3.8, 4) is 11.5 Å². The Kier molecular flexibility index (Phi) is 4.84. The highest BCUT2D eigenvalue weighted by atomic mass is 32.2. The van der Waals surface area contributed by atoms with Gasteiger partial charge in [0.25, 0.3) is 0 Å². The average Bonchev–Trinajstić information content (AvgIpc) is 2.80. The predicted octanol–water partition coefficient (Wildman–Crippen LogP) is 2.13. The lowest BCUT2D eigenvalue weighted by Gasteiger charge is -2.10. The molecule has 1 N–H and O–H groups in total. The first-order valence-corrected chi connectivity index (χ1v) is 9.71. The maximum absolute atomic E-state index is 12.4. The molecule has 0 spiro atoms. The van der Waals surface area contributed by atoms with Gasteiger partial charge in [-0.1, -0.05) is 0 Å². The smallest absolute Gasteiger partial charge is 0.240 e. The number of fused-ring (bicyclic) bond motifs is 1. The van der Waals surface area contributed by atoms with Crippen LogP contribution in [0.5, 0.6) is 11.5 Å². The Hall–Kier alpha value is -1.64. The van der Waals surface area contributed by atoms with E-state index >= 15 is 0 Å². The van der Waals surface area contributed by atoms with E-state index < -0.39 is 10.0 Å². The highest BCUT2D eigenvalue weighted by Gasteiger charge is 2.18. The molecule has 0 saturated carbocycles. The first kappa shape index (κ1) is 16.2. The van der Waals surface area contributed by atoms with Gasteiger partial charge in [-0.25, -0.2) is 18.1 Å². The first-order chi connectivity index (χ1) is 11.0. The van der Waals surface area contributed by atoms with Crippen LogP contribution in [0.2, 0.25) is 0 Å². The second-order valence-electron chi connectivity index (χ2n) is 5.19. The zero-order valence-corrected chi connectivity index (χ0v) is 14.4. The van der Waals surface area contributed by atoms with Crippen LogP contribution in [-0.2, 0) is 16.4 Å². The fourth-order valence-corrected chi connectivity index (χ4v) is 4.03. The molecule has 0 aliphatic carbocycles. The predicted molar refractivity (Wildman–Crippen MR) is 87.8 cm³/mol. The molecular weight excluding hydrogens is 336 g/mol. The quantitative estimate of drug-likeness (QED) is 0.890. The number of hydrogen-bond donors (Lipinski definition) is 1. The Labute approximate surface area is 139 Å². The molecule has 8 heteroatoms. The van der Waals surface area contributed by atoms with E-state index in [-0.39, 0.29) is 4.90 Å². The van der Waals surface area contributed by atoms with E-state index in [1.54, 1.807) is 6.07 Å². The lowest BCUT2D eigenvalue weighted by Crippen LogP contribution is -2.26. The van der Waals surface area contributed by atoms with Crippen LogP contribution in [-0.4, -0.2) is 33.2 Å². The maximum Gasteiger partial charge on any atom is 0.240 e. The molecule has 0 fully saturated rings. The van der Waals surface area contributed by atoms with Crippen LogP contribution >= 0.6 is 11.3 Å². The Morgan fingerprint density at radius 3 is 2.78 bits per heavy atom. The van der Waals surface area contributed by atoms with Crippen molar-refractivity contribution in [1.29, 1.82) is 0 Å². The van der Waals surface area contributed by atoms with E-state index in [4.69, 9.17) is 9.47 Å². The summed E-state index contributed by atoms with van der Waals surface area (Å²) in [5.41, 5.74) is 0.954. The van der Waals surface area contributed by atoms with Crippen LogP contribution in [0.4, 0.5) is 0 Å². The van der Waals surface area contributed by atoms with Crippen molar-refractivity contribution in [2.45, 2.75) is 24.7 Å². The monoisotopic (exact) mass is 354 g/mol. The minimum absolute atomic E-state index is 0.178. The van der Waals surface area contributed by atoms with Gasteiger partial charge < -0.3 is 9.47 Å². The van der Waals surface area contributed by atoms with Gasteiger partial charge in [0.1, 0.15) is 0 Å². The highest BCUT2D eigenvalue weighted by molar-refractivity contribution is 7.89. The summed E-state index contributed by atoms with van der Waals surface area (Å²) >= 11 is 1.53. The topological polar surface area (TPSA) is 77.5 Å². The fraction of sp³-hybridized carbons (Fsp3) is 0.400. The lowest BCUT2D eigenvalue weighted by molar-refractivity contribution is 0.297. The lowest BCUT2D eigenvalue weighted by atomic mass is 10.3. The van der Waals surface area contributed by atoms with E-state index in [9.17, 15) is 8.42 Å². The molecule has 1 aliphatic heterocycles. The van der Waals surface area contributed by atoms with Crippen molar-refractivity contribution in [2.75, 3.05) is 19.8 Å². The molecule has 3 rings (SSSR count). The summed E-state index contributed by atoms with van der Waals surface area (Å²) in [4.78, 5) is 4.50. The number of aryl methyl sites for hydroxylation is 1. The summed E-state index contributed by atoms with van der Waals surface area (Å²) in [5.74, 6) is 1.06. The molecule has 23 heavy (non-hydrogen) atoms. The van der Waals surface area contributed by atoms with Crippen LogP contribution in [0.1, 0.15) is 17.1 Å². The van der Waals surface area contributed by atoms with Crippen molar-refractivity contribution < 1.29 is 17.9 Å². The molecule has 2 aromatic rings. The zero-order chi connectivity index (χ0) is 16.3. The largest absolute Gasteiger partial charge is 0.490 e. The van der Waals surface area contributed by atoms with Gasteiger partial charge in [0.05, 0.1) is 23.1 Å². The van der Waals surface area contributed by atoms with E-state index in [2.05, 4.69) is 9.71 Å². The Morgan fingerprint density at radius 2 is 2.04 bits per heavy atom. The maximum atomic E-state index is 12.4. The molecule has 0 bridgehead atoms. The Balaban J connectivity index is 1.68. The van der Waals surface area contributed by atoms with Crippen molar-refractivity contribution in [1.82, 2.24) is 9.71 Å². The number of hydrogen-bond acceptors (Lipinski definition) is 6. The molecule has 0 saturated heterocycles. The minimum atomic E-state index is -3.58. The SMILES string of the molecule is Cc1csc(CCNS(=O)(=O)c2ccc3c(c2)OCCCO3)n1. The van der Waals surface area contributed by atoms with Gasteiger partial charge in [-0.3, -0.25) is 0 Å². The number of benzene rings is 1. The molecule has 1 aromatic heterocycles. The molecule has 6 nitrogen and oxygen atoms in total. The minimum Gasteiger partial charge on any atom is -0.490 e. The summed E-state index contributed by atoms with van der Waals surface area (Å²) in [5, 5.41) is 2.87. The number of sulfonamides is 1. The van der Waals surface area contributed by atoms with Gasteiger partial charge >= 0.3 is 0 Å². The standard InChI is InChI=1S/C15H18N2O4S2/c1-11-10-22-15(17-11)5-6-16-23(18,19)12-3-4-13-14(9-12)21-8-2-7-20-13/h3-4,9-10,16H,2,5-8H2,1H3. The Bertz CT molecular complexity index is 787. The number of ether oxygens (including phenoxy) is 2. The van der Waals surface area contributed by atoms with Crippen molar-refractivity contribution in [2.24, 2.45) is 0 Å². The van der Waals surface area contributed by atoms with Gasteiger partial charge in [-0.15, -0.1) is 11.3 Å². The summed E-state index contributed by atoms with van der Waals surface area (Å²) in [6, 6.07) is 4.68. The van der Waals surface area contributed by atoms with Gasteiger partial charge in [-0.2, -0.15) is 0 Å². The normalized spacial score (nSPS) is 14.5. The van der Waals surface area contributed by atoms with Crippen molar-refractivity contribution in [3.63, 3.8) is 0 Å². The molecule has 0 amide bonds. The van der Waals surface area contributed by atoms with Gasteiger partial charge in [-0.05, 0) is 19.1 Å². The number of nitrogens with zero attached hydrogens (tertiary/aromatic N) is 1. The summed E-state index contributed by atoms with van der Waals surface area (Å²) in [6.45, 7) is 3.32. The number of aromatic nitrogens is 1. The van der Waals surface area contributed by atoms with E-state index in [1.165, 1.54) is 23.5 Å². The first-order valence-electron chi connectivity index (χ1n) is 7.35. The fourth-order valence-electron chi connectivity index (χ4n) is 2.20. The molecular formula is C15H18N2O4S2. The van der Waals surface area contributed by atoms with Crippen molar-refractivity contribution in [3.05, 3.63) is 34.3 Å². The average molecular weight is 354 g/mol. The molecule has 1 aliphatic rings. The molecule has 124 valence electrons. The molecule has 2 heterocycles. The summed E-state index contributed by atoms with van der Waals surface area (Å²) < 4.78 is 38.4. The van der Waals surface area contributed by atoms with E-state index in [0.717, 1.165) is 17.1 Å². The third-order valence-electron chi connectivity index (χ3n) is 3.33. The van der Waals surface area contributed by atoms with Crippen LogP contribution in [0.25, 0.3) is 0 Å². The van der Waals surface area contributed by atoms with Crippen LogP contribution in [0.15, 0.2) is 28.5 Å². The molecule has 0 unspecified atom stereocenters. The molecule has 0 atom stereocenters.